The smallest absolute Gasteiger partial charge is 0.369 e. The van der Waals surface area contributed by atoms with Crippen LogP contribution in [0.2, 0.25) is 0 Å². The van der Waals surface area contributed by atoms with Crippen LogP contribution in [0.25, 0.3) is 0 Å². The van der Waals surface area contributed by atoms with Gasteiger partial charge in [-0.05, 0) is 30.0 Å². The number of nitrogens with two attached hydrogens (primary N) is 2. The molecule has 0 bridgehead atoms. The van der Waals surface area contributed by atoms with Gasteiger partial charge in [-0.15, -0.1) is 0 Å². The normalized spacial score (nSPS) is 16.7. The van der Waals surface area contributed by atoms with Crippen molar-refractivity contribution in [3.63, 3.8) is 0 Å². The molecule has 0 saturated carbocycles. The van der Waals surface area contributed by atoms with Crippen molar-refractivity contribution in [3.05, 3.63) is 71.5 Å². The Labute approximate surface area is 236 Å². The van der Waals surface area contributed by atoms with Crippen LogP contribution < -0.4 is 11.5 Å². The second-order valence-electron chi connectivity index (χ2n) is 9.55. The fourth-order valence-corrected chi connectivity index (χ4v) is 4.29. The van der Waals surface area contributed by atoms with E-state index < -0.39 is 30.0 Å². The summed E-state index contributed by atoms with van der Waals surface area (Å²) in [5.74, 6) is -7.54. The number of primary amides is 1. The summed E-state index contributed by atoms with van der Waals surface area (Å²) in [6.45, 7) is 1.85. The van der Waals surface area contributed by atoms with E-state index in [0.29, 0.717) is 38.0 Å². The van der Waals surface area contributed by atoms with Crippen LogP contribution in [0.4, 0.5) is 30.7 Å². The van der Waals surface area contributed by atoms with Crippen LogP contribution >= 0.6 is 0 Å². The number of halogens is 7. The summed E-state index contributed by atoms with van der Waals surface area (Å²) in [4.78, 5) is 47.5. The maximum Gasteiger partial charge on any atom is 0.458 e. The molecule has 2 atom stereocenters. The minimum absolute atomic E-state index is 0.0431. The highest BCUT2D eigenvalue weighted by molar-refractivity contribution is 6.41. The molecular weight excluding hydrogens is 577 g/mol. The molecule has 15 heteroatoms. The van der Waals surface area contributed by atoms with Crippen LogP contribution in [0.15, 0.2) is 54.6 Å². The van der Waals surface area contributed by atoms with Gasteiger partial charge in [0.15, 0.2) is 0 Å². The lowest BCUT2D eigenvalue weighted by Gasteiger charge is -2.41. The third-order valence-electron chi connectivity index (χ3n) is 6.18. The minimum Gasteiger partial charge on any atom is -0.369 e. The lowest BCUT2D eigenvalue weighted by atomic mass is 9.99. The summed E-state index contributed by atoms with van der Waals surface area (Å²) in [7, 11) is 0. The molecule has 1 aliphatic heterocycles. The molecule has 0 aromatic heterocycles. The summed E-state index contributed by atoms with van der Waals surface area (Å²) in [5, 5.41) is 0. The Morgan fingerprint density at radius 3 is 1.93 bits per heavy atom. The Morgan fingerprint density at radius 1 is 0.857 bits per heavy atom. The molecule has 3 rings (SSSR count). The lowest BCUT2D eigenvalue weighted by molar-refractivity contribution is -0.193. The van der Waals surface area contributed by atoms with E-state index in [-0.39, 0.29) is 36.6 Å². The molecule has 4 N–H and O–H groups in total. The molecule has 0 aliphatic carbocycles. The van der Waals surface area contributed by atoms with E-state index in [0.717, 1.165) is 5.56 Å². The molecule has 1 aliphatic rings. The summed E-state index contributed by atoms with van der Waals surface area (Å²) in [6, 6.07) is 15.9. The van der Waals surface area contributed by atoms with Gasteiger partial charge in [-0.2, -0.15) is 26.3 Å². The molecule has 230 valence electrons. The number of carbonyl (C=O) groups is 4. The number of rotatable bonds is 9. The van der Waals surface area contributed by atoms with Gasteiger partial charge >= 0.3 is 23.9 Å². The Kier molecular flexibility index (Phi) is 12.2. The first-order valence-corrected chi connectivity index (χ1v) is 12.5. The van der Waals surface area contributed by atoms with Gasteiger partial charge in [-0.3, -0.25) is 24.1 Å². The maximum atomic E-state index is 13.9. The van der Waals surface area contributed by atoms with Crippen molar-refractivity contribution < 1.29 is 49.9 Å². The highest BCUT2D eigenvalue weighted by atomic mass is 19.4. The fourth-order valence-electron chi connectivity index (χ4n) is 4.29. The van der Waals surface area contributed by atoms with E-state index in [9.17, 15) is 49.9 Å². The van der Waals surface area contributed by atoms with Crippen molar-refractivity contribution in [1.82, 2.24) is 9.80 Å². The summed E-state index contributed by atoms with van der Waals surface area (Å²) < 4.78 is 80.9. The molecule has 1 heterocycles. The van der Waals surface area contributed by atoms with Crippen molar-refractivity contribution in [2.24, 2.45) is 11.5 Å². The highest BCUT2D eigenvalue weighted by Gasteiger charge is 2.54. The van der Waals surface area contributed by atoms with E-state index in [4.69, 9.17) is 11.5 Å². The average molecular weight is 607 g/mol. The lowest BCUT2D eigenvalue weighted by Crippen LogP contribution is -2.57. The predicted octanol–water partition coefficient (Wildman–Crippen LogP) is 2.58. The Balaban J connectivity index is 0.000000435. The molecule has 2 amide bonds. The first-order chi connectivity index (χ1) is 19.5. The van der Waals surface area contributed by atoms with Crippen molar-refractivity contribution >= 4 is 23.4 Å². The fraction of sp³-hybridized carbons (Fsp3) is 0.407. The molecule has 0 spiro atoms. The molecule has 0 unspecified atom stereocenters. The van der Waals surface area contributed by atoms with E-state index >= 15 is 0 Å². The van der Waals surface area contributed by atoms with Crippen LogP contribution in [0.3, 0.4) is 0 Å². The number of ketones is 2. The largest absolute Gasteiger partial charge is 0.458 e. The Morgan fingerprint density at radius 2 is 1.40 bits per heavy atom. The zero-order valence-electron chi connectivity index (χ0n) is 22.1. The summed E-state index contributed by atoms with van der Waals surface area (Å²) in [5.41, 5.74) is 13.2. The van der Waals surface area contributed by atoms with Crippen LogP contribution in [-0.4, -0.2) is 83.8 Å². The molecule has 1 saturated heterocycles. The first-order valence-electron chi connectivity index (χ1n) is 12.5. The number of hydrogen-bond donors (Lipinski definition) is 2. The maximum absolute atomic E-state index is 13.9. The number of Topliss-reactive ketones (excluding diaryl/α,β-unsaturated/α-hetero) is 2. The number of hydrogen-bond acceptors (Lipinski definition) is 6. The second-order valence-corrected chi connectivity index (χ2v) is 9.55. The highest BCUT2D eigenvalue weighted by Crippen LogP contribution is 2.24. The summed E-state index contributed by atoms with van der Waals surface area (Å²) in [6.07, 6.45) is -10.4. The first kappa shape index (κ1) is 34.4. The molecular formula is C27H29F7N4O4. The minimum atomic E-state index is -5.77. The van der Waals surface area contributed by atoms with E-state index in [1.54, 1.807) is 18.2 Å². The van der Waals surface area contributed by atoms with Gasteiger partial charge in [0, 0.05) is 38.1 Å². The van der Waals surface area contributed by atoms with Crippen LogP contribution in [-0.2, 0) is 32.0 Å². The average Bonchev–Trinajstić information content (AvgIpc) is 2.88. The molecule has 42 heavy (non-hydrogen) atoms. The van der Waals surface area contributed by atoms with E-state index in [2.05, 4.69) is 0 Å². The van der Waals surface area contributed by atoms with Gasteiger partial charge in [-0.1, -0.05) is 48.5 Å². The summed E-state index contributed by atoms with van der Waals surface area (Å²) >= 11 is 0. The third kappa shape index (κ3) is 10.9. The van der Waals surface area contributed by atoms with Crippen molar-refractivity contribution in [3.8, 4) is 0 Å². The number of piperazine rings is 1. The van der Waals surface area contributed by atoms with Gasteiger partial charge < -0.3 is 16.4 Å². The van der Waals surface area contributed by atoms with Crippen molar-refractivity contribution in [2.75, 3.05) is 26.2 Å². The quantitative estimate of drug-likeness (QED) is 0.334. The Hall–Kier alpha value is -3.85. The Bertz CT molecular complexity index is 1210. The number of benzene rings is 2. The second kappa shape index (κ2) is 14.9. The topological polar surface area (TPSA) is 127 Å². The van der Waals surface area contributed by atoms with Gasteiger partial charge in [0.2, 0.25) is 11.8 Å². The van der Waals surface area contributed by atoms with Crippen molar-refractivity contribution in [2.45, 2.75) is 43.7 Å². The van der Waals surface area contributed by atoms with E-state index in [1.165, 1.54) is 6.07 Å². The van der Waals surface area contributed by atoms with Crippen LogP contribution in [0.1, 0.15) is 17.5 Å². The van der Waals surface area contributed by atoms with Crippen LogP contribution in [0, 0.1) is 5.82 Å². The van der Waals surface area contributed by atoms with Gasteiger partial charge in [0.1, 0.15) is 5.82 Å². The van der Waals surface area contributed by atoms with Gasteiger partial charge in [0.25, 0.3) is 0 Å². The third-order valence-corrected chi connectivity index (χ3v) is 6.18. The number of alkyl halides is 6. The molecule has 1 fully saturated rings. The molecule has 0 radical (unpaired) electrons. The number of carbonyl (C=O) groups excluding carboxylic acids is 4. The molecule has 8 nitrogen and oxygen atoms in total. The molecule has 2 aromatic carbocycles. The number of nitrogens with zero attached hydrogens (tertiary/aromatic N) is 2. The zero-order valence-corrected chi connectivity index (χ0v) is 22.1. The standard InChI is InChI=1S/C23H29FN4O2.C4F6O2/c24-21-9-5-4-8-18(21)13-19(25)14-23(30)28-11-10-27(16-22(26)29)15-20(28)12-17-6-2-1-3-7-17;5-3(6,7)1(11)2(12)4(8,9)10/h1-9,19-20H,10-16,25H2,(H2,26,29);/t19-,20-;/m1./s1. The van der Waals surface area contributed by atoms with Crippen molar-refractivity contribution in [1.29, 1.82) is 0 Å². The predicted molar refractivity (Wildman–Crippen MR) is 136 cm³/mol. The zero-order chi connectivity index (χ0) is 31.7. The number of amides is 2. The van der Waals surface area contributed by atoms with Gasteiger partial charge in [-0.25, -0.2) is 4.39 Å². The monoisotopic (exact) mass is 606 g/mol. The van der Waals surface area contributed by atoms with Crippen LogP contribution in [0.5, 0.6) is 0 Å². The van der Waals surface area contributed by atoms with E-state index in [1.807, 2.05) is 40.1 Å². The molecule has 2 aromatic rings. The van der Waals surface area contributed by atoms with Gasteiger partial charge in [0.05, 0.1) is 6.54 Å². The SMILES string of the molecule is NC(=O)CN1CCN(C(=O)C[C@H](N)Cc2ccccc2F)[C@H](Cc2ccccc2)C1.O=C(C(=O)C(F)(F)F)C(F)(F)F.